The number of halogens is 4. The molecule has 1 heterocycles. The van der Waals surface area contributed by atoms with Crippen LogP contribution in [0.5, 0.6) is 11.5 Å². The fourth-order valence-corrected chi connectivity index (χ4v) is 5.10. The Morgan fingerprint density at radius 2 is 1.84 bits per heavy atom. The molecule has 0 bridgehead atoms. The van der Waals surface area contributed by atoms with Crippen molar-refractivity contribution in [2.75, 3.05) is 11.4 Å². The maximum absolute atomic E-state index is 14.8. The molecule has 1 aliphatic heterocycles. The molecule has 3 aromatic carbocycles. The lowest BCUT2D eigenvalue weighted by Crippen LogP contribution is -2.53. The van der Waals surface area contributed by atoms with Gasteiger partial charge in [0.2, 0.25) is 11.5 Å². The van der Waals surface area contributed by atoms with Gasteiger partial charge in [0.25, 0.3) is 0 Å². The monoisotopic (exact) mass is 515 g/mol. The molecule has 1 aliphatic carbocycles. The summed E-state index contributed by atoms with van der Waals surface area (Å²) in [4.78, 5) is 15.2. The maximum Gasteiger partial charge on any atom is 0.424 e. The van der Waals surface area contributed by atoms with Crippen LogP contribution in [-0.4, -0.2) is 34.9 Å². The fraction of sp³-hybridized carbons (Fsp3) is 0.321. The van der Waals surface area contributed by atoms with E-state index in [2.05, 4.69) is 0 Å². The molecule has 0 aromatic heterocycles. The number of amides is 1. The molecule has 0 spiro atoms. The number of aromatic hydroxyl groups is 1. The highest BCUT2D eigenvalue weighted by Gasteiger charge is 2.68. The molecule has 194 valence electrons. The number of benzene rings is 3. The van der Waals surface area contributed by atoms with Crippen molar-refractivity contribution in [3.63, 3.8) is 0 Å². The molecule has 0 saturated heterocycles. The topological polar surface area (TPSA) is 70.0 Å². The van der Waals surface area contributed by atoms with Crippen LogP contribution in [0.2, 0.25) is 0 Å². The van der Waals surface area contributed by atoms with Gasteiger partial charge in [-0.3, -0.25) is 4.79 Å². The average molecular weight is 516 g/mol. The van der Waals surface area contributed by atoms with E-state index in [1.807, 2.05) is 6.07 Å². The summed E-state index contributed by atoms with van der Waals surface area (Å²) in [7, 11) is 0. The van der Waals surface area contributed by atoms with E-state index >= 15 is 0 Å². The van der Waals surface area contributed by atoms with Crippen molar-refractivity contribution in [2.24, 2.45) is 0 Å². The van der Waals surface area contributed by atoms with Crippen LogP contribution in [-0.2, 0) is 16.8 Å². The van der Waals surface area contributed by atoms with Crippen LogP contribution in [0, 0.1) is 0 Å². The third-order valence-electron chi connectivity index (χ3n) is 7.20. The Labute approximate surface area is 210 Å². The quantitative estimate of drug-likeness (QED) is 0.438. The predicted molar refractivity (Wildman–Crippen MR) is 128 cm³/mol. The molecular weight excluding hydrogens is 490 g/mol. The number of nitrogens with zero attached hydrogens (tertiary/aromatic N) is 1. The van der Waals surface area contributed by atoms with E-state index in [1.54, 1.807) is 43.3 Å². The summed E-state index contributed by atoms with van der Waals surface area (Å²) in [6.45, 7) is 1.80. The number of hydrogen-bond acceptors (Lipinski definition) is 4. The Kier molecular flexibility index (Phi) is 6.14. The first kappa shape index (κ1) is 25.1. The fourth-order valence-electron chi connectivity index (χ4n) is 5.10. The highest BCUT2D eigenvalue weighted by Crippen LogP contribution is 2.60. The number of fused-ring (bicyclic) bond motifs is 2. The number of rotatable bonds is 4. The molecule has 0 radical (unpaired) electrons. The Morgan fingerprint density at radius 1 is 1.11 bits per heavy atom. The van der Waals surface area contributed by atoms with Crippen LogP contribution in [0.4, 0.5) is 23.2 Å². The summed E-state index contributed by atoms with van der Waals surface area (Å²) >= 11 is 0. The highest BCUT2D eigenvalue weighted by molar-refractivity contribution is 5.99. The molecule has 0 saturated carbocycles. The van der Waals surface area contributed by atoms with Crippen LogP contribution in [0.1, 0.15) is 47.7 Å². The number of ether oxygens (including phenoxy) is 1. The van der Waals surface area contributed by atoms with Gasteiger partial charge in [0.15, 0.2) is 6.17 Å². The number of aryl methyl sites for hydroxylation is 1. The Bertz CT molecular complexity index is 1330. The minimum absolute atomic E-state index is 0.000592. The minimum atomic E-state index is -5.18. The first-order valence-corrected chi connectivity index (χ1v) is 11.9. The van der Waals surface area contributed by atoms with E-state index in [0.717, 1.165) is 5.56 Å². The van der Waals surface area contributed by atoms with Gasteiger partial charge in [0.1, 0.15) is 17.6 Å². The zero-order valence-electron chi connectivity index (χ0n) is 19.9. The normalized spacial score (nSPS) is 23.8. The lowest BCUT2D eigenvalue weighted by atomic mass is 9.70. The molecule has 2 aliphatic rings. The minimum Gasteiger partial charge on any atom is -0.508 e. The van der Waals surface area contributed by atoms with E-state index in [0.29, 0.717) is 23.4 Å². The molecule has 9 heteroatoms. The SMILES string of the molecule is C[C@H](C(=O)N1C[C@@H](Oc2cccc(O)c2)CCc2cc3c(cc21)C(F)C3(O)C(F)(F)F)c1ccccc1. The third kappa shape index (κ3) is 4.21. The number of carbonyl (C=O) groups is 1. The second-order valence-electron chi connectivity index (χ2n) is 9.55. The highest BCUT2D eigenvalue weighted by atomic mass is 19.4. The average Bonchev–Trinajstić information content (AvgIpc) is 3.05. The molecule has 5 rings (SSSR count). The van der Waals surface area contributed by atoms with Gasteiger partial charge in [0.05, 0.1) is 12.5 Å². The maximum atomic E-state index is 14.8. The van der Waals surface area contributed by atoms with E-state index in [4.69, 9.17) is 4.74 Å². The van der Waals surface area contributed by atoms with Gasteiger partial charge >= 0.3 is 6.18 Å². The van der Waals surface area contributed by atoms with Gasteiger partial charge in [-0.1, -0.05) is 36.4 Å². The van der Waals surface area contributed by atoms with Gasteiger partial charge in [-0.2, -0.15) is 13.2 Å². The summed E-state index contributed by atoms with van der Waals surface area (Å²) in [5, 5.41) is 20.0. The van der Waals surface area contributed by atoms with Gasteiger partial charge in [-0.15, -0.1) is 0 Å². The molecule has 5 nitrogen and oxygen atoms in total. The largest absolute Gasteiger partial charge is 0.508 e. The van der Waals surface area contributed by atoms with E-state index in [9.17, 15) is 32.6 Å². The third-order valence-corrected chi connectivity index (χ3v) is 7.20. The van der Waals surface area contributed by atoms with Gasteiger partial charge < -0.3 is 19.8 Å². The predicted octanol–water partition coefficient (Wildman–Crippen LogP) is 5.70. The van der Waals surface area contributed by atoms with Crippen molar-refractivity contribution in [1.82, 2.24) is 0 Å². The Morgan fingerprint density at radius 3 is 2.51 bits per heavy atom. The van der Waals surface area contributed by atoms with Crippen LogP contribution in [0.15, 0.2) is 66.7 Å². The lowest BCUT2D eigenvalue weighted by molar-refractivity contribution is -0.302. The number of hydrogen-bond donors (Lipinski definition) is 2. The Hall–Kier alpha value is -3.59. The van der Waals surface area contributed by atoms with Crippen molar-refractivity contribution in [2.45, 2.75) is 49.7 Å². The van der Waals surface area contributed by atoms with Crippen LogP contribution >= 0.6 is 0 Å². The second kappa shape index (κ2) is 9.06. The zero-order valence-corrected chi connectivity index (χ0v) is 19.9. The molecule has 0 fully saturated rings. The number of alkyl halides is 4. The molecular formula is C28H25F4NO4. The molecule has 37 heavy (non-hydrogen) atoms. The molecule has 1 amide bonds. The van der Waals surface area contributed by atoms with Crippen molar-refractivity contribution in [3.05, 3.63) is 89.0 Å². The van der Waals surface area contributed by atoms with Gasteiger partial charge in [0, 0.05) is 17.3 Å². The van der Waals surface area contributed by atoms with Crippen molar-refractivity contribution in [3.8, 4) is 11.5 Å². The summed E-state index contributed by atoms with van der Waals surface area (Å²) < 4.78 is 61.5. The summed E-state index contributed by atoms with van der Waals surface area (Å²) in [6, 6.07) is 17.6. The van der Waals surface area contributed by atoms with Crippen molar-refractivity contribution in [1.29, 1.82) is 0 Å². The Balaban J connectivity index is 1.55. The second-order valence-corrected chi connectivity index (χ2v) is 9.55. The van der Waals surface area contributed by atoms with Crippen LogP contribution < -0.4 is 9.64 Å². The molecule has 2 unspecified atom stereocenters. The number of aliphatic hydroxyl groups is 1. The summed E-state index contributed by atoms with van der Waals surface area (Å²) in [5.74, 6) is -0.534. The summed E-state index contributed by atoms with van der Waals surface area (Å²) in [5.41, 5.74) is -2.93. The van der Waals surface area contributed by atoms with Crippen LogP contribution in [0.25, 0.3) is 0 Å². The standard InChI is InChI=1S/C28H25F4NO4/c1-16(17-6-3-2-4-7-17)26(35)33-15-21(37-20-9-5-8-19(34)13-20)11-10-18-12-23-22(14-24(18)33)25(29)27(23,36)28(30,31)32/h2-9,12-14,16,21,25,34,36H,10-11,15H2,1H3/t16-,21-,25?,27?/m0/s1. The van der Waals surface area contributed by atoms with Gasteiger partial charge in [-0.25, -0.2) is 4.39 Å². The van der Waals surface area contributed by atoms with E-state index in [-0.39, 0.29) is 30.2 Å². The lowest BCUT2D eigenvalue weighted by Gasteiger charge is -2.44. The van der Waals surface area contributed by atoms with Crippen molar-refractivity contribution >= 4 is 11.6 Å². The van der Waals surface area contributed by atoms with Gasteiger partial charge in [-0.05, 0) is 60.7 Å². The number of carbonyl (C=O) groups excluding carboxylic acids is 1. The summed E-state index contributed by atoms with van der Waals surface area (Å²) in [6.07, 6.45) is -7.82. The van der Waals surface area contributed by atoms with E-state index in [1.165, 1.54) is 29.2 Å². The van der Waals surface area contributed by atoms with Crippen LogP contribution in [0.3, 0.4) is 0 Å². The number of anilines is 1. The van der Waals surface area contributed by atoms with Crippen molar-refractivity contribution < 1.29 is 37.3 Å². The molecule has 2 N–H and O–H groups in total. The smallest absolute Gasteiger partial charge is 0.424 e. The van der Waals surface area contributed by atoms with E-state index < -0.39 is 35.5 Å². The number of phenolic OH excluding ortho intramolecular Hbond substituents is 1. The number of phenols is 1. The first-order valence-electron chi connectivity index (χ1n) is 11.9. The zero-order chi connectivity index (χ0) is 26.5. The first-order chi connectivity index (χ1) is 17.5. The molecule has 3 aromatic rings. The molecule has 4 atom stereocenters.